The number of pyridine rings is 1. The van der Waals surface area contributed by atoms with Gasteiger partial charge in [-0.25, -0.2) is 14.5 Å². The number of hydrogen-bond acceptors (Lipinski definition) is 4. The van der Waals surface area contributed by atoms with Gasteiger partial charge in [0.25, 0.3) is 0 Å². The fourth-order valence-corrected chi connectivity index (χ4v) is 1.86. The number of fused-ring (bicyclic) bond motifs is 1. The average molecular weight is 292 g/mol. The van der Waals surface area contributed by atoms with Crippen molar-refractivity contribution < 1.29 is 9.21 Å². The minimum Gasteiger partial charge on any atom is -0.459 e. The minimum atomic E-state index is -0.285. The molecule has 0 unspecified atom stereocenters. The molecule has 0 saturated heterocycles. The van der Waals surface area contributed by atoms with E-state index < -0.39 is 0 Å². The molecule has 0 radical (unpaired) electrons. The van der Waals surface area contributed by atoms with Crippen molar-refractivity contribution in [3.05, 3.63) is 47.2 Å². The van der Waals surface area contributed by atoms with Crippen molar-refractivity contribution in [2.75, 3.05) is 0 Å². The van der Waals surface area contributed by atoms with Crippen molar-refractivity contribution in [3.8, 4) is 0 Å². The molecule has 0 atom stereocenters. The number of nitrogens with zero attached hydrogens (tertiary/aromatic N) is 3. The van der Waals surface area contributed by atoms with E-state index in [1.54, 1.807) is 24.4 Å². The largest absolute Gasteiger partial charge is 0.459 e. The van der Waals surface area contributed by atoms with Crippen molar-refractivity contribution in [1.82, 2.24) is 14.5 Å². The predicted molar refractivity (Wildman–Crippen MR) is 63.7 cm³/mol. The predicted octanol–water partition coefficient (Wildman–Crippen LogP) is 2.48. The Balaban J connectivity index is 2.15. The molecular weight excluding hydrogens is 286 g/mol. The summed E-state index contributed by atoms with van der Waals surface area (Å²) in [4.78, 5) is 20.3. The van der Waals surface area contributed by atoms with E-state index in [0.717, 1.165) is 4.47 Å². The molecule has 3 heterocycles. The Kier molecular flexibility index (Phi) is 2.29. The lowest BCUT2D eigenvalue weighted by molar-refractivity contribution is 0.0936. The molecule has 3 rings (SSSR count). The van der Waals surface area contributed by atoms with Crippen LogP contribution in [0.3, 0.4) is 0 Å². The lowest BCUT2D eigenvalue weighted by Gasteiger charge is -1.98. The van der Waals surface area contributed by atoms with E-state index in [1.165, 1.54) is 17.2 Å². The Hall–Kier alpha value is -1.95. The summed E-state index contributed by atoms with van der Waals surface area (Å²) < 4.78 is 7.24. The summed E-state index contributed by atoms with van der Waals surface area (Å²) in [6, 6.07) is 5.07. The minimum absolute atomic E-state index is 0.258. The molecule has 0 aliphatic carbocycles. The van der Waals surface area contributed by atoms with Crippen LogP contribution in [0.5, 0.6) is 0 Å². The van der Waals surface area contributed by atoms with Crippen LogP contribution in [0.15, 0.2) is 45.9 Å². The first-order valence-corrected chi connectivity index (χ1v) is 5.62. The van der Waals surface area contributed by atoms with Crippen molar-refractivity contribution in [3.63, 3.8) is 0 Å². The highest BCUT2D eigenvalue weighted by Crippen LogP contribution is 2.17. The van der Waals surface area contributed by atoms with Crippen molar-refractivity contribution in [1.29, 1.82) is 0 Å². The lowest BCUT2D eigenvalue weighted by Crippen LogP contribution is -2.10. The number of halogens is 1. The molecule has 0 aliphatic rings. The lowest BCUT2D eigenvalue weighted by atomic mass is 10.4. The Morgan fingerprint density at radius 3 is 3.06 bits per heavy atom. The quantitative estimate of drug-likeness (QED) is 0.691. The SMILES string of the molecule is O=C(c1ccco1)n1cnc2cc(Br)cnc21. The molecule has 3 aromatic rings. The first-order valence-electron chi connectivity index (χ1n) is 4.82. The average Bonchev–Trinajstić information content (AvgIpc) is 2.96. The van der Waals surface area contributed by atoms with Crippen LogP contribution >= 0.6 is 15.9 Å². The van der Waals surface area contributed by atoms with Gasteiger partial charge in [0.1, 0.15) is 11.8 Å². The molecule has 17 heavy (non-hydrogen) atoms. The third kappa shape index (κ3) is 1.66. The van der Waals surface area contributed by atoms with Crippen LogP contribution in [0.25, 0.3) is 11.2 Å². The van der Waals surface area contributed by atoms with Crippen LogP contribution in [0.4, 0.5) is 0 Å². The summed E-state index contributed by atoms with van der Waals surface area (Å²) in [7, 11) is 0. The van der Waals surface area contributed by atoms with Gasteiger partial charge in [-0.05, 0) is 34.1 Å². The first-order chi connectivity index (χ1) is 8.25. The van der Waals surface area contributed by atoms with Crippen LogP contribution < -0.4 is 0 Å². The van der Waals surface area contributed by atoms with Crippen molar-refractivity contribution in [2.24, 2.45) is 0 Å². The first kappa shape index (κ1) is 10.2. The molecule has 0 spiro atoms. The van der Waals surface area contributed by atoms with E-state index in [2.05, 4.69) is 25.9 Å². The van der Waals surface area contributed by atoms with Gasteiger partial charge in [-0.15, -0.1) is 0 Å². The van der Waals surface area contributed by atoms with Gasteiger partial charge >= 0.3 is 5.91 Å². The molecule has 84 valence electrons. The zero-order chi connectivity index (χ0) is 11.8. The summed E-state index contributed by atoms with van der Waals surface area (Å²) >= 11 is 3.30. The van der Waals surface area contributed by atoms with E-state index in [4.69, 9.17) is 4.42 Å². The second-order valence-corrected chi connectivity index (χ2v) is 4.31. The second kappa shape index (κ2) is 3.81. The summed E-state index contributed by atoms with van der Waals surface area (Å²) in [6.07, 6.45) is 4.52. The topological polar surface area (TPSA) is 60.9 Å². The van der Waals surface area contributed by atoms with E-state index in [1.807, 2.05) is 0 Å². The molecule has 0 fully saturated rings. The second-order valence-electron chi connectivity index (χ2n) is 3.39. The van der Waals surface area contributed by atoms with Gasteiger partial charge in [-0.1, -0.05) is 0 Å². The molecule has 0 aliphatic heterocycles. The van der Waals surface area contributed by atoms with Gasteiger partial charge in [0, 0.05) is 10.7 Å². The summed E-state index contributed by atoms with van der Waals surface area (Å²) in [5.41, 5.74) is 1.16. The maximum absolute atomic E-state index is 12.0. The maximum atomic E-state index is 12.0. The fraction of sp³-hybridized carbons (Fsp3) is 0. The standard InChI is InChI=1S/C11H6BrN3O2/c12-7-4-8-10(13-5-7)15(6-14-8)11(16)9-2-1-3-17-9/h1-6H. The highest BCUT2D eigenvalue weighted by Gasteiger charge is 2.15. The zero-order valence-electron chi connectivity index (χ0n) is 8.50. The number of aromatic nitrogens is 3. The molecular formula is C11H6BrN3O2. The van der Waals surface area contributed by atoms with Crippen LogP contribution in [0.1, 0.15) is 10.6 Å². The molecule has 0 bridgehead atoms. The number of hydrogen-bond donors (Lipinski definition) is 0. The van der Waals surface area contributed by atoms with Crippen LogP contribution in [-0.2, 0) is 0 Å². The highest BCUT2D eigenvalue weighted by molar-refractivity contribution is 9.10. The maximum Gasteiger partial charge on any atom is 0.300 e. The van der Waals surface area contributed by atoms with E-state index in [-0.39, 0.29) is 11.7 Å². The third-order valence-electron chi connectivity index (χ3n) is 2.31. The summed E-state index contributed by atoms with van der Waals surface area (Å²) in [6.45, 7) is 0. The van der Waals surface area contributed by atoms with Crippen molar-refractivity contribution >= 4 is 33.0 Å². The monoisotopic (exact) mass is 291 g/mol. The smallest absolute Gasteiger partial charge is 0.300 e. The Labute approximate surface area is 104 Å². The Bertz CT molecular complexity index is 688. The van der Waals surface area contributed by atoms with Gasteiger partial charge < -0.3 is 4.42 Å². The van der Waals surface area contributed by atoms with Crippen LogP contribution in [-0.4, -0.2) is 20.4 Å². The Morgan fingerprint density at radius 1 is 1.41 bits per heavy atom. The van der Waals surface area contributed by atoms with E-state index in [0.29, 0.717) is 11.2 Å². The van der Waals surface area contributed by atoms with Gasteiger partial charge in [0.05, 0.1) is 6.26 Å². The summed E-state index contributed by atoms with van der Waals surface area (Å²) in [5, 5.41) is 0. The number of carbonyl (C=O) groups excluding carboxylic acids is 1. The molecule has 5 nitrogen and oxygen atoms in total. The number of furan rings is 1. The van der Waals surface area contributed by atoms with E-state index >= 15 is 0 Å². The number of rotatable bonds is 1. The van der Waals surface area contributed by atoms with Crippen LogP contribution in [0.2, 0.25) is 0 Å². The van der Waals surface area contributed by atoms with Gasteiger partial charge in [0.15, 0.2) is 11.4 Å². The molecule has 0 amide bonds. The van der Waals surface area contributed by atoms with Gasteiger partial charge in [-0.2, -0.15) is 0 Å². The molecule has 3 aromatic heterocycles. The molecule has 0 N–H and O–H groups in total. The third-order valence-corrected chi connectivity index (χ3v) is 2.74. The molecule has 6 heteroatoms. The van der Waals surface area contributed by atoms with Gasteiger partial charge in [-0.3, -0.25) is 4.79 Å². The Morgan fingerprint density at radius 2 is 2.29 bits per heavy atom. The normalized spacial score (nSPS) is 10.9. The van der Waals surface area contributed by atoms with Gasteiger partial charge in [0.2, 0.25) is 0 Å². The number of carbonyl (C=O) groups is 1. The number of imidazole rings is 1. The van der Waals surface area contributed by atoms with Crippen molar-refractivity contribution in [2.45, 2.75) is 0 Å². The van der Waals surface area contributed by atoms with Crippen LogP contribution in [0, 0.1) is 0 Å². The molecule has 0 aromatic carbocycles. The zero-order valence-corrected chi connectivity index (χ0v) is 10.1. The fourth-order valence-electron chi connectivity index (χ4n) is 1.54. The highest BCUT2D eigenvalue weighted by atomic mass is 79.9. The van der Waals surface area contributed by atoms with E-state index in [9.17, 15) is 4.79 Å². The molecule has 0 saturated carbocycles. The summed E-state index contributed by atoms with van der Waals surface area (Å²) in [5.74, 6) is -0.0265.